The molecule has 1 aromatic carbocycles. The Hall–Kier alpha value is -2.09. The first-order valence-corrected chi connectivity index (χ1v) is 4.63. The number of rotatable bonds is 5. The van der Waals surface area contributed by atoms with Gasteiger partial charge >= 0.3 is 0 Å². The summed E-state index contributed by atoms with van der Waals surface area (Å²) in [7, 11) is 0. The molecule has 0 bridgehead atoms. The highest BCUT2D eigenvalue weighted by atomic mass is 14.9. The van der Waals surface area contributed by atoms with E-state index in [1.54, 1.807) is 12.2 Å². The first kappa shape index (κ1) is 11.0. The first-order valence-electron chi connectivity index (χ1n) is 4.63. The molecule has 0 amide bonds. The Morgan fingerprint density at radius 2 is 1.87 bits per heavy atom. The van der Waals surface area contributed by atoms with Crippen LogP contribution in [0.1, 0.15) is 5.56 Å². The van der Waals surface area contributed by atoms with E-state index < -0.39 is 0 Å². The lowest BCUT2D eigenvalue weighted by Gasteiger charge is -2.06. The summed E-state index contributed by atoms with van der Waals surface area (Å²) >= 11 is 0. The summed E-state index contributed by atoms with van der Waals surface area (Å²) in [6.45, 7) is 7.32. The molecule has 76 valence electrons. The van der Waals surface area contributed by atoms with Crippen LogP contribution < -0.4 is 5.32 Å². The van der Waals surface area contributed by atoms with Crippen molar-refractivity contribution >= 4 is 11.9 Å². The van der Waals surface area contributed by atoms with Crippen LogP contribution >= 0.6 is 0 Å². The van der Waals surface area contributed by atoms with Gasteiger partial charge < -0.3 is 10.7 Å². The molecule has 0 aliphatic heterocycles. The third-order valence-corrected chi connectivity index (χ3v) is 1.88. The molecule has 1 aromatic rings. The summed E-state index contributed by atoms with van der Waals surface area (Å²) in [6, 6.07) is 7.59. The van der Waals surface area contributed by atoms with Crippen LogP contribution in [0.5, 0.6) is 0 Å². The predicted octanol–water partition coefficient (Wildman–Crippen LogP) is 3.35. The monoisotopic (exact) mass is 198 g/mol. The van der Waals surface area contributed by atoms with Crippen LogP contribution in [0.15, 0.2) is 61.3 Å². The van der Waals surface area contributed by atoms with Crippen molar-refractivity contribution in [2.24, 2.45) is 0 Å². The van der Waals surface area contributed by atoms with E-state index in [4.69, 9.17) is 5.41 Å². The fraction of sp³-hybridized carbons (Fsp3) is 0. The van der Waals surface area contributed by atoms with Gasteiger partial charge in [0.2, 0.25) is 0 Å². The van der Waals surface area contributed by atoms with Crippen LogP contribution in [-0.2, 0) is 0 Å². The van der Waals surface area contributed by atoms with E-state index in [1.165, 1.54) is 6.21 Å². The molecule has 0 aromatic heterocycles. The molecule has 1 rings (SSSR count). The van der Waals surface area contributed by atoms with E-state index in [0.717, 1.165) is 16.9 Å². The Morgan fingerprint density at radius 1 is 1.20 bits per heavy atom. The highest BCUT2D eigenvalue weighted by Crippen LogP contribution is 2.11. The fourth-order valence-corrected chi connectivity index (χ4v) is 1.12. The maximum Gasteiger partial charge on any atom is 0.0384 e. The molecule has 15 heavy (non-hydrogen) atoms. The van der Waals surface area contributed by atoms with E-state index in [-0.39, 0.29) is 0 Å². The summed E-state index contributed by atoms with van der Waals surface area (Å²) in [5, 5.41) is 10.2. The van der Waals surface area contributed by atoms with Gasteiger partial charge in [0.05, 0.1) is 0 Å². The SMILES string of the molecule is C=C/C=C(\C=C)Nc1ccc(C=N)cc1. The van der Waals surface area contributed by atoms with Crippen molar-refractivity contribution in [3.8, 4) is 0 Å². The van der Waals surface area contributed by atoms with Gasteiger partial charge in [0, 0.05) is 17.6 Å². The fourth-order valence-electron chi connectivity index (χ4n) is 1.12. The van der Waals surface area contributed by atoms with Gasteiger partial charge in [-0.3, -0.25) is 0 Å². The Kier molecular flexibility index (Phi) is 4.10. The van der Waals surface area contributed by atoms with Crippen molar-refractivity contribution in [3.05, 3.63) is 66.9 Å². The molecule has 0 unspecified atom stereocenters. The van der Waals surface area contributed by atoms with Gasteiger partial charge in [0.1, 0.15) is 0 Å². The Morgan fingerprint density at radius 3 is 2.33 bits per heavy atom. The second kappa shape index (κ2) is 5.60. The van der Waals surface area contributed by atoms with Crippen molar-refractivity contribution in [1.29, 1.82) is 5.41 Å². The number of anilines is 1. The topological polar surface area (TPSA) is 35.9 Å². The van der Waals surface area contributed by atoms with Crippen LogP contribution in [0.3, 0.4) is 0 Å². The third kappa shape index (κ3) is 3.27. The molecule has 0 radical (unpaired) electrons. The second-order valence-corrected chi connectivity index (χ2v) is 2.95. The van der Waals surface area contributed by atoms with Crippen LogP contribution in [-0.4, -0.2) is 6.21 Å². The van der Waals surface area contributed by atoms with Gasteiger partial charge in [0.15, 0.2) is 0 Å². The molecule has 0 fully saturated rings. The number of nitrogens with one attached hydrogen (secondary N) is 2. The molecular formula is C13H14N2. The Labute approximate surface area is 90.2 Å². The van der Waals surface area contributed by atoms with Gasteiger partial charge in [-0.05, 0) is 29.8 Å². The van der Waals surface area contributed by atoms with Crippen molar-refractivity contribution in [1.82, 2.24) is 0 Å². The molecule has 0 saturated carbocycles. The lowest BCUT2D eigenvalue weighted by Crippen LogP contribution is -1.96. The average Bonchev–Trinajstić information content (AvgIpc) is 2.29. The standard InChI is InChI=1S/C13H14N2/c1-3-5-12(4-2)15-13-8-6-11(10-14)7-9-13/h3-10,14-15H,1-2H2/b12-5+,14-10?. The van der Waals surface area contributed by atoms with Crippen LogP contribution in [0, 0.1) is 5.41 Å². The molecule has 2 heteroatoms. The molecule has 0 aliphatic rings. The molecular weight excluding hydrogens is 184 g/mol. The van der Waals surface area contributed by atoms with Gasteiger partial charge in [-0.1, -0.05) is 31.4 Å². The number of hydrogen-bond acceptors (Lipinski definition) is 2. The van der Waals surface area contributed by atoms with E-state index in [9.17, 15) is 0 Å². The second-order valence-electron chi connectivity index (χ2n) is 2.95. The Bertz CT molecular complexity index is 386. The van der Waals surface area contributed by atoms with Crippen molar-refractivity contribution in [2.75, 3.05) is 5.32 Å². The maximum absolute atomic E-state index is 7.07. The molecule has 0 aliphatic carbocycles. The largest absolute Gasteiger partial charge is 0.356 e. The van der Waals surface area contributed by atoms with Gasteiger partial charge in [-0.15, -0.1) is 0 Å². The van der Waals surface area contributed by atoms with Gasteiger partial charge in [0.25, 0.3) is 0 Å². The zero-order valence-electron chi connectivity index (χ0n) is 8.53. The quantitative estimate of drug-likeness (QED) is 0.552. The summed E-state index contributed by atoms with van der Waals surface area (Å²) in [6.07, 6.45) is 6.59. The van der Waals surface area contributed by atoms with Gasteiger partial charge in [-0.2, -0.15) is 0 Å². The highest BCUT2D eigenvalue weighted by molar-refractivity contribution is 5.77. The van der Waals surface area contributed by atoms with E-state index in [1.807, 2.05) is 30.3 Å². The van der Waals surface area contributed by atoms with Crippen molar-refractivity contribution < 1.29 is 0 Å². The van der Waals surface area contributed by atoms with E-state index >= 15 is 0 Å². The molecule has 0 atom stereocenters. The zero-order valence-corrected chi connectivity index (χ0v) is 8.53. The lowest BCUT2D eigenvalue weighted by molar-refractivity contribution is 1.47. The number of allylic oxidation sites excluding steroid dienone is 3. The lowest BCUT2D eigenvalue weighted by atomic mass is 10.2. The summed E-state index contributed by atoms with van der Waals surface area (Å²) in [4.78, 5) is 0. The summed E-state index contributed by atoms with van der Waals surface area (Å²) < 4.78 is 0. The molecule has 0 heterocycles. The minimum Gasteiger partial charge on any atom is -0.356 e. The first-order chi connectivity index (χ1) is 7.30. The maximum atomic E-state index is 7.07. The van der Waals surface area contributed by atoms with Crippen molar-refractivity contribution in [2.45, 2.75) is 0 Å². The minimum atomic E-state index is 0.883. The molecule has 2 nitrogen and oxygen atoms in total. The molecule has 0 saturated heterocycles. The van der Waals surface area contributed by atoms with Crippen LogP contribution in [0.2, 0.25) is 0 Å². The van der Waals surface area contributed by atoms with E-state index in [2.05, 4.69) is 18.5 Å². The summed E-state index contributed by atoms with van der Waals surface area (Å²) in [5.74, 6) is 0. The summed E-state index contributed by atoms with van der Waals surface area (Å²) in [5.41, 5.74) is 2.75. The normalized spacial score (nSPS) is 10.5. The third-order valence-electron chi connectivity index (χ3n) is 1.88. The van der Waals surface area contributed by atoms with Crippen LogP contribution in [0.4, 0.5) is 5.69 Å². The number of hydrogen-bond donors (Lipinski definition) is 2. The molecule has 0 spiro atoms. The molecule has 2 N–H and O–H groups in total. The van der Waals surface area contributed by atoms with E-state index in [0.29, 0.717) is 0 Å². The minimum absolute atomic E-state index is 0.883. The Balaban J connectivity index is 2.79. The number of benzene rings is 1. The average molecular weight is 198 g/mol. The predicted molar refractivity (Wildman–Crippen MR) is 66.4 cm³/mol. The van der Waals surface area contributed by atoms with Crippen LogP contribution in [0.25, 0.3) is 0 Å². The van der Waals surface area contributed by atoms with Crippen molar-refractivity contribution in [3.63, 3.8) is 0 Å². The smallest absolute Gasteiger partial charge is 0.0384 e. The van der Waals surface area contributed by atoms with Gasteiger partial charge in [-0.25, -0.2) is 0 Å². The highest BCUT2D eigenvalue weighted by Gasteiger charge is 1.93. The zero-order chi connectivity index (χ0) is 11.1.